The molecule has 0 atom stereocenters. The average Bonchev–Trinajstić information content (AvgIpc) is 2.41. The molecular weight excluding hydrogens is 244 g/mol. The van der Waals surface area contributed by atoms with Crippen LogP contribution in [-0.2, 0) is 7.05 Å². The summed E-state index contributed by atoms with van der Waals surface area (Å²) in [6.45, 7) is 0.931. The first-order valence-electron chi connectivity index (χ1n) is 5.90. The number of hydrogen-bond acceptors (Lipinski definition) is 5. The molecule has 2 rings (SSSR count). The van der Waals surface area contributed by atoms with E-state index in [-0.39, 0.29) is 5.56 Å². The van der Waals surface area contributed by atoms with Gasteiger partial charge in [0.15, 0.2) is 5.82 Å². The van der Waals surface area contributed by atoms with Gasteiger partial charge in [-0.25, -0.2) is 4.98 Å². The minimum Gasteiger partial charge on any atom is -0.492 e. The van der Waals surface area contributed by atoms with Crippen LogP contribution >= 0.6 is 0 Å². The van der Waals surface area contributed by atoms with Gasteiger partial charge in [0, 0.05) is 25.1 Å². The normalized spacial score (nSPS) is 10.2. The lowest BCUT2D eigenvalue weighted by Gasteiger charge is -2.08. The topological polar surface area (TPSA) is 82.2 Å². The highest BCUT2D eigenvalue weighted by Crippen LogP contribution is 2.12. The zero-order valence-electron chi connectivity index (χ0n) is 10.7. The summed E-state index contributed by atoms with van der Waals surface area (Å²) in [7, 11) is 1.68. The fourth-order valence-corrected chi connectivity index (χ4v) is 1.52. The fraction of sp³-hybridized carbons (Fsp3) is 0.231. The molecular formula is C13H16N4O2. The second kappa shape index (κ2) is 5.90. The largest absolute Gasteiger partial charge is 0.492 e. The van der Waals surface area contributed by atoms with E-state index in [0.29, 0.717) is 24.7 Å². The first-order valence-corrected chi connectivity index (χ1v) is 5.90. The second-order valence-corrected chi connectivity index (χ2v) is 4.04. The van der Waals surface area contributed by atoms with Gasteiger partial charge in [0.1, 0.15) is 12.4 Å². The third-order valence-corrected chi connectivity index (χ3v) is 2.56. The maximum atomic E-state index is 11.7. The van der Waals surface area contributed by atoms with Gasteiger partial charge in [-0.2, -0.15) is 0 Å². The number of nitrogens with zero attached hydrogens (tertiary/aromatic N) is 2. The van der Waals surface area contributed by atoms with Crippen molar-refractivity contribution in [3.8, 4) is 5.75 Å². The molecule has 0 unspecified atom stereocenters. The molecule has 0 spiro atoms. The predicted octanol–water partition coefficient (Wildman–Crippen LogP) is 0.853. The lowest BCUT2D eigenvalue weighted by Crippen LogP contribution is -2.24. The lowest BCUT2D eigenvalue weighted by molar-refractivity contribution is 0.332. The number of benzene rings is 1. The van der Waals surface area contributed by atoms with Crippen molar-refractivity contribution < 1.29 is 4.74 Å². The highest BCUT2D eigenvalue weighted by molar-refractivity contribution is 5.41. The highest BCUT2D eigenvalue weighted by Gasteiger charge is 2.01. The van der Waals surface area contributed by atoms with Gasteiger partial charge in [-0.3, -0.25) is 4.79 Å². The molecule has 0 saturated carbocycles. The molecule has 0 aliphatic rings. The average molecular weight is 260 g/mol. The molecule has 1 aromatic carbocycles. The molecule has 6 heteroatoms. The van der Waals surface area contributed by atoms with Crippen LogP contribution in [0.2, 0.25) is 0 Å². The number of hydrogen-bond donors (Lipinski definition) is 2. The van der Waals surface area contributed by atoms with Gasteiger partial charge in [-0.05, 0) is 24.3 Å². The molecule has 0 fully saturated rings. The van der Waals surface area contributed by atoms with Gasteiger partial charge in [0.2, 0.25) is 0 Å². The fourth-order valence-electron chi connectivity index (χ4n) is 1.52. The van der Waals surface area contributed by atoms with Gasteiger partial charge in [0.25, 0.3) is 5.56 Å². The molecule has 0 radical (unpaired) electrons. The van der Waals surface area contributed by atoms with E-state index in [1.54, 1.807) is 43.7 Å². The number of anilines is 2. The molecule has 1 aromatic heterocycles. The summed E-state index contributed by atoms with van der Waals surface area (Å²) in [5.41, 5.74) is 6.11. The van der Waals surface area contributed by atoms with Crippen molar-refractivity contribution in [2.24, 2.45) is 7.05 Å². The maximum Gasteiger partial charge on any atom is 0.293 e. The molecule has 3 N–H and O–H groups in total. The van der Waals surface area contributed by atoms with Crippen molar-refractivity contribution in [2.45, 2.75) is 0 Å². The first-order chi connectivity index (χ1) is 9.16. The van der Waals surface area contributed by atoms with Crippen molar-refractivity contribution >= 4 is 11.5 Å². The van der Waals surface area contributed by atoms with Gasteiger partial charge >= 0.3 is 0 Å². The van der Waals surface area contributed by atoms with Gasteiger partial charge in [-0.1, -0.05) is 0 Å². The van der Waals surface area contributed by atoms with Crippen molar-refractivity contribution in [3.63, 3.8) is 0 Å². The van der Waals surface area contributed by atoms with E-state index in [9.17, 15) is 4.79 Å². The smallest absolute Gasteiger partial charge is 0.293 e. The SMILES string of the molecule is Cn1ccnc(NCCOc2ccc(N)cc2)c1=O. The number of nitrogens with one attached hydrogen (secondary N) is 1. The zero-order valence-corrected chi connectivity index (χ0v) is 10.7. The minimum absolute atomic E-state index is 0.157. The molecule has 0 aliphatic carbocycles. The quantitative estimate of drug-likeness (QED) is 0.615. The number of aryl methyl sites for hydroxylation is 1. The zero-order chi connectivity index (χ0) is 13.7. The Bertz CT molecular complexity index is 592. The summed E-state index contributed by atoms with van der Waals surface area (Å²) >= 11 is 0. The first kappa shape index (κ1) is 12.9. The van der Waals surface area contributed by atoms with Crippen molar-refractivity contribution in [2.75, 3.05) is 24.2 Å². The Morgan fingerprint density at radius 1 is 1.37 bits per heavy atom. The minimum atomic E-state index is -0.157. The molecule has 100 valence electrons. The third-order valence-electron chi connectivity index (χ3n) is 2.56. The van der Waals surface area contributed by atoms with Crippen LogP contribution in [-0.4, -0.2) is 22.7 Å². The van der Waals surface area contributed by atoms with E-state index in [4.69, 9.17) is 10.5 Å². The summed E-state index contributed by atoms with van der Waals surface area (Å²) in [6, 6.07) is 7.15. The summed E-state index contributed by atoms with van der Waals surface area (Å²) in [4.78, 5) is 15.6. The van der Waals surface area contributed by atoms with Crippen LogP contribution in [0, 0.1) is 0 Å². The Morgan fingerprint density at radius 2 is 2.11 bits per heavy atom. The summed E-state index contributed by atoms with van der Waals surface area (Å²) in [5.74, 6) is 1.07. The van der Waals surface area contributed by atoms with Crippen LogP contribution in [0.1, 0.15) is 0 Å². The number of rotatable bonds is 5. The highest BCUT2D eigenvalue weighted by atomic mass is 16.5. The third kappa shape index (κ3) is 3.48. The van der Waals surface area contributed by atoms with E-state index >= 15 is 0 Å². The van der Waals surface area contributed by atoms with Gasteiger partial charge < -0.3 is 20.4 Å². The second-order valence-electron chi connectivity index (χ2n) is 4.04. The molecule has 6 nitrogen and oxygen atoms in total. The van der Waals surface area contributed by atoms with Gasteiger partial charge in [-0.15, -0.1) is 0 Å². The van der Waals surface area contributed by atoms with E-state index in [1.165, 1.54) is 4.57 Å². The van der Waals surface area contributed by atoms with Crippen molar-refractivity contribution in [3.05, 3.63) is 47.0 Å². The Labute approximate surface area is 110 Å². The van der Waals surface area contributed by atoms with Gasteiger partial charge in [0.05, 0.1) is 6.54 Å². The van der Waals surface area contributed by atoms with E-state index in [1.807, 2.05) is 0 Å². The number of ether oxygens (including phenoxy) is 1. The summed E-state index contributed by atoms with van der Waals surface area (Å²) < 4.78 is 6.97. The van der Waals surface area contributed by atoms with Crippen LogP contribution < -0.4 is 21.3 Å². The Morgan fingerprint density at radius 3 is 2.84 bits per heavy atom. The van der Waals surface area contributed by atoms with Crippen LogP contribution in [0.25, 0.3) is 0 Å². The lowest BCUT2D eigenvalue weighted by atomic mass is 10.3. The van der Waals surface area contributed by atoms with E-state index in [0.717, 1.165) is 5.75 Å². The van der Waals surface area contributed by atoms with Crippen molar-refractivity contribution in [1.29, 1.82) is 0 Å². The molecule has 0 saturated heterocycles. The standard InChI is InChI=1S/C13H16N4O2/c1-17-8-6-15-12(13(17)18)16-7-9-19-11-4-2-10(14)3-5-11/h2-6,8H,7,9,14H2,1H3,(H,15,16). The maximum absolute atomic E-state index is 11.7. The Kier molecular flexibility index (Phi) is 4.02. The van der Waals surface area contributed by atoms with Crippen LogP contribution in [0.4, 0.5) is 11.5 Å². The van der Waals surface area contributed by atoms with E-state index < -0.39 is 0 Å². The summed E-state index contributed by atoms with van der Waals surface area (Å²) in [5, 5.41) is 2.94. The van der Waals surface area contributed by atoms with Crippen LogP contribution in [0.5, 0.6) is 5.75 Å². The number of nitrogens with two attached hydrogens (primary N) is 1. The molecule has 0 amide bonds. The number of aromatic nitrogens is 2. The van der Waals surface area contributed by atoms with Crippen LogP contribution in [0.15, 0.2) is 41.5 Å². The molecule has 2 aromatic rings. The Hall–Kier alpha value is -2.50. The van der Waals surface area contributed by atoms with Crippen molar-refractivity contribution in [1.82, 2.24) is 9.55 Å². The monoisotopic (exact) mass is 260 g/mol. The van der Waals surface area contributed by atoms with Crippen LogP contribution in [0.3, 0.4) is 0 Å². The Balaban J connectivity index is 1.82. The molecule has 1 heterocycles. The molecule has 0 bridgehead atoms. The molecule has 0 aliphatic heterocycles. The van der Waals surface area contributed by atoms with E-state index in [2.05, 4.69) is 10.3 Å². The predicted molar refractivity (Wildman–Crippen MR) is 74.3 cm³/mol. The number of nitrogen functional groups attached to an aromatic ring is 1. The summed E-state index contributed by atoms with van der Waals surface area (Å²) in [6.07, 6.45) is 3.18. The molecule has 19 heavy (non-hydrogen) atoms.